The summed E-state index contributed by atoms with van der Waals surface area (Å²) in [6.45, 7) is 0.158. The Morgan fingerprint density at radius 1 is 1.09 bits per heavy atom. The third-order valence-electron chi connectivity index (χ3n) is 6.53. The minimum absolute atomic E-state index is 0.172. The number of imidazole rings is 1. The van der Waals surface area contributed by atoms with Crippen LogP contribution < -0.4 is 11.2 Å². The molecule has 9 heteroatoms. The summed E-state index contributed by atoms with van der Waals surface area (Å²) in [5.41, 5.74) is 0.626. The van der Waals surface area contributed by atoms with Gasteiger partial charge in [0.05, 0.1) is 25.7 Å². The van der Waals surface area contributed by atoms with E-state index in [1.54, 1.807) is 31.8 Å². The number of hydrogen-bond acceptors (Lipinski definition) is 5. The fourth-order valence-corrected chi connectivity index (χ4v) is 4.69. The highest BCUT2D eigenvalue weighted by Gasteiger charge is 2.25. The zero-order chi connectivity index (χ0) is 23.7. The maximum atomic E-state index is 13.6. The van der Waals surface area contributed by atoms with E-state index in [0.717, 1.165) is 35.8 Å². The largest absolute Gasteiger partial charge is 0.467 e. The Morgan fingerprint density at radius 2 is 1.85 bits per heavy atom. The van der Waals surface area contributed by atoms with E-state index in [0.29, 0.717) is 16.9 Å². The fraction of sp³-hybridized carbons (Fsp3) is 0.360. The van der Waals surface area contributed by atoms with E-state index >= 15 is 0 Å². The number of aromatic nitrogens is 4. The van der Waals surface area contributed by atoms with Gasteiger partial charge >= 0.3 is 5.69 Å². The van der Waals surface area contributed by atoms with Gasteiger partial charge in [0.1, 0.15) is 12.3 Å². The summed E-state index contributed by atoms with van der Waals surface area (Å²) < 4.78 is 9.76. The van der Waals surface area contributed by atoms with Gasteiger partial charge in [0.15, 0.2) is 11.2 Å². The van der Waals surface area contributed by atoms with E-state index < -0.39 is 11.2 Å². The fourth-order valence-electron chi connectivity index (χ4n) is 4.69. The van der Waals surface area contributed by atoms with Crippen LogP contribution >= 0.6 is 0 Å². The number of nitrogens with zero attached hydrogens (tertiary/aromatic N) is 5. The van der Waals surface area contributed by atoms with Crippen LogP contribution in [-0.4, -0.2) is 36.5 Å². The number of fused-ring (bicyclic) bond motifs is 1. The number of benzene rings is 1. The van der Waals surface area contributed by atoms with Crippen LogP contribution in [0, 0.1) is 0 Å². The lowest BCUT2D eigenvalue weighted by Gasteiger charge is -2.18. The molecule has 1 aliphatic rings. The highest BCUT2D eigenvalue weighted by molar-refractivity contribution is 5.76. The molecule has 1 saturated carbocycles. The average Bonchev–Trinajstić information content (AvgIpc) is 3.61. The average molecular weight is 462 g/mol. The zero-order valence-corrected chi connectivity index (χ0v) is 19.1. The molecular weight excluding hydrogens is 434 g/mol. The van der Waals surface area contributed by atoms with Crippen LogP contribution in [0.2, 0.25) is 0 Å². The molecule has 1 aromatic carbocycles. The second-order valence-electron chi connectivity index (χ2n) is 8.84. The summed E-state index contributed by atoms with van der Waals surface area (Å²) in [5, 5.41) is 0. The summed E-state index contributed by atoms with van der Waals surface area (Å²) in [6.07, 6.45) is 7.33. The van der Waals surface area contributed by atoms with Gasteiger partial charge in [0.25, 0.3) is 5.56 Å². The molecule has 1 amide bonds. The molecule has 0 N–H and O–H groups in total. The first-order chi connectivity index (χ1) is 16.5. The first-order valence-corrected chi connectivity index (χ1v) is 11.5. The summed E-state index contributed by atoms with van der Waals surface area (Å²) in [6, 6.07) is 13.2. The normalized spacial score (nSPS) is 14.1. The predicted molar refractivity (Wildman–Crippen MR) is 126 cm³/mol. The molecule has 0 atom stereocenters. The van der Waals surface area contributed by atoms with Gasteiger partial charge in [-0.15, -0.1) is 0 Å². The van der Waals surface area contributed by atoms with Gasteiger partial charge in [-0.05, 0) is 30.5 Å². The molecule has 4 aromatic rings. The van der Waals surface area contributed by atoms with Crippen molar-refractivity contribution in [2.75, 3.05) is 7.05 Å². The van der Waals surface area contributed by atoms with Gasteiger partial charge in [0.2, 0.25) is 5.91 Å². The predicted octanol–water partition coefficient (Wildman–Crippen LogP) is 2.77. The Kier molecular flexibility index (Phi) is 5.91. The highest BCUT2D eigenvalue weighted by Crippen LogP contribution is 2.31. The van der Waals surface area contributed by atoms with Crippen LogP contribution in [0.5, 0.6) is 0 Å². The van der Waals surface area contributed by atoms with Gasteiger partial charge in [-0.25, -0.2) is 14.3 Å². The molecule has 5 rings (SSSR count). The Balaban J connectivity index is 1.58. The molecule has 0 radical (unpaired) electrons. The van der Waals surface area contributed by atoms with Crippen LogP contribution in [0.1, 0.15) is 43.0 Å². The number of furan rings is 1. The Bertz CT molecular complexity index is 1410. The first-order valence-electron chi connectivity index (χ1n) is 11.5. The molecule has 176 valence electrons. The molecule has 0 saturated heterocycles. The minimum atomic E-state index is -0.544. The molecule has 1 aliphatic carbocycles. The van der Waals surface area contributed by atoms with Crippen molar-refractivity contribution in [3.8, 4) is 0 Å². The Labute approximate surface area is 195 Å². The van der Waals surface area contributed by atoms with E-state index in [9.17, 15) is 14.4 Å². The van der Waals surface area contributed by atoms with Crippen LogP contribution in [0.15, 0.2) is 69.1 Å². The lowest BCUT2D eigenvalue weighted by molar-refractivity contribution is -0.131. The molecule has 34 heavy (non-hydrogen) atoms. The van der Waals surface area contributed by atoms with Crippen LogP contribution in [0.3, 0.4) is 0 Å². The molecule has 1 fully saturated rings. The topological polar surface area (TPSA) is 95.3 Å². The van der Waals surface area contributed by atoms with Crippen LogP contribution in [-0.2, 0) is 24.4 Å². The number of likely N-dealkylation sites (N-methyl/N-ethyl adjacent to an activating group) is 1. The van der Waals surface area contributed by atoms with E-state index in [4.69, 9.17) is 4.42 Å². The van der Waals surface area contributed by atoms with Crippen LogP contribution in [0.4, 0.5) is 0 Å². The van der Waals surface area contributed by atoms with Gasteiger partial charge in [-0.1, -0.05) is 43.2 Å². The lowest BCUT2D eigenvalue weighted by atomic mass is 10.2. The molecule has 0 bridgehead atoms. The van der Waals surface area contributed by atoms with Crippen molar-refractivity contribution in [1.29, 1.82) is 0 Å². The maximum absolute atomic E-state index is 13.6. The highest BCUT2D eigenvalue weighted by atomic mass is 16.3. The monoisotopic (exact) mass is 461 g/mol. The standard InChI is InChI=1S/C25H27N5O4/c1-27(15-20-12-7-13-34-20)21(31)16-29-24(32)22-23(26-17-30(22)19-10-5-6-11-19)28(25(29)33)14-18-8-3-2-4-9-18/h2-4,7-9,12-13,17,19H,5-6,10-11,14-16H2,1H3. The number of carbonyl (C=O) groups is 1. The molecule has 3 aromatic heterocycles. The zero-order valence-electron chi connectivity index (χ0n) is 19.1. The molecule has 0 spiro atoms. The van der Waals surface area contributed by atoms with Crippen molar-refractivity contribution >= 4 is 17.1 Å². The summed E-state index contributed by atoms with van der Waals surface area (Å²) in [4.78, 5) is 46.0. The quantitative estimate of drug-likeness (QED) is 0.422. The number of amides is 1. The van der Waals surface area contributed by atoms with Gasteiger partial charge in [-0.2, -0.15) is 0 Å². The first kappa shape index (κ1) is 21.9. The van der Waals surface area contributed by atoms with Gasteiger partial charge < -0.3 is 13.9 Å². The van der Waals surface area contributed by atoms with E-state index in [2.05, 4.69) is 4.98 Å². The molecular formula is C25H27N5O4. The van der Waals surface area contributed by atoms with Crippen molar-refractivity contribution < 1.29 is 9.21 Å². The van der Waals surface area contributed by atoms with Crippen LogP contribution in [0.25, 0.3) is 11.2 Å². The van der Waals surface area contributed by atoms with Gasteiger partial charge in [-0.3, -0.25) is 14.2 Å². The van der Waals surface area contributed by atoms with Crippen molar-refractivity contribution in [2.24, 2.45) is 0 Å². The third-order valence-corrected chi connectivity index (χ3v) is 6.53. The van der Waals surface area contributed by atoms with Crippen molar-refractivity contribution in [1.82, 2.24) is 23.6 Å². The van der Waals surface area contributed by atoms with E-state index in [1.165, 1.54) is 9.47 Å². The lowest BCUT2D eigenvalue weighted by Crippen LogP contribution is -2.44. The summed E-state index contributed by atoms with van der Waals surface area (Å²) in [7, 11) is 1.62. The third kappa shape index (κ3) is 4.09. The number of rotatable bonds is 7. The SMILES string of the molecule is CN(Cc1ccco1)C(=O)Cn1c(=O)c2c(ncn2C2CCCC2)n(Cc2ccccc2)c1=O. The smallest absolute Gasteiger partial charge is 0.333 e. The second-order valence-corrected chi connectivity index (χ2v) is 8.84. The number of carbonyl (C=O) groups excluding carboxylic acids is 1. The van der Waals surface area contributed by atoms with E-state index in [-0.39, 0.29) is 31.6 Å². The van der Waals surface area contributed by atoms with Crippen molar-refractivity contribution in [2.45, 2.75) is 51.4 Å². The summed E-state index contributed by atoms with van der Waals surface area (Å²) >= 11 is 0. The maximum Gasteiger partial charge on any atom is 0.333 e. The molecule has 3 heterocycles. The minimum Gasteiger partial charge on any atom is -0.467 e. The van der Waals surface area contributed by atoms with E-state index in [1.807, 2.05) is 34.9 Å². The summed E-state index contributed by atoms with van der Waals surface area (Å²) in [5.74, 6) is 0.271. The number of hydrogen-bond donors (Lipinski definition) is 0. The molecule has 9 nitrogen and oxygen atoms in total. The van der Waals surface area contributed by atoms with Crippen molar-refractivity contribution in [3.05, 3.63) is 87.2 Å². The van der Waals surface area contributed by atoms with Gasteiger partial charge in [0, 0.05) is 13.1 Å². The molecule has 0 unspecified atom stereocenters. The Hall–Kier alpha value is -3.88. The second kappa shape index (κ2) is 9.17. The van der Waals surface area contributed by atoms with Crippen molar-refractivity contribution in [3.63, 3.8) is 0 Å². The Morgan fingerprint density at radius 3 is 2.56 bits per heavy atom. The molecule has 0 aliphatic heterocycles.